The zero-order chi connectivity index (χ0) is 15.7. The van der Waals surface area contributed by atoms with E-state index in [0.717, 1.165) is 22.1 Å². The van der Waals surface area contributed by atoms with Crippen molar-refractivity contribution in [3.63, 3.8) is 0 Å². The molecule has 9 heteroatoms. The van der Waals surface area contributed by atoms with Gasteiger partial charge in [-0.1, -0.05) is 30.0 Å². The van der Waals surface area contributed by atoms with Crippen molar-refractivity contribution in [3.8, 4) is 5.69 Å². The number of carbonyl (C=O) groups excluding carboxylic acids is 3. The summed E-state index contributed by atoms with van der Waals surface area (Å²) in [6.07, 6.45) is 1.31. The summed E-state index contributed by atoms with van der Waals surface area (Å²) in [6, 6.07) is 9.24. The quantitative estimate of drug-likeness (QED) is 0.861. The Morgan fingerprint density at radius 1 is 1.32 bits per heavy atom. The lowest BCUT2D eigenvalue weighted by Gasteiger charge is -2.04. The summed E-state index contributed by atoms with van der Waals surface area (Å²) in [5, 5.41) is 4.94. The largest absolute Gasteiger partial charge is 0.286 e. The molecule has 1 N–H and O–H groups in total. The first-order chi connectivity index (χ1) is 10.6. The highest BCUT2D eigenvalue weighted by molar-refractivity contribution is 8.15. The molecule has 7 nitrogen and oxygen atoms in total. The maximum Gasteiger partial charge on any atom is 0.286 e. The molecule has 112 valence electrons. The number of thioether (sulfide) groups is 1. The molecular weight excluding hydrogens is 324 g/mol. The van der Waals surface area contributed by atoms with E-state index in [1.807, 2.05) is 30.3 Å². The van der Waals surface area contributed by atoms with Gasteiger partial charge in [0.15, 0.2) is 0 Å². The molecule has 1 aromatic heterocycles. The van der Waals surface area contributed by atoms with Crippen LogP contribution in [0.3, 0.4) is 0 Å². The standard InChI is InChI=1S/C13H10N4O3S2/c18-10(6-9-11(19)15-12(20)22-9)17-13(21)16(7-14-17)8-4-2-1-3-5-8/h1-5,7,9H,6H2,(H,15,19,20)/t9-/m1/s1. The predicted octanol–water partition coefficient (Wildman–Crippen LogP) is 1.79. The molecular formula is C13H10N4O3S2. The predicted molar refractivity (Wildman–Crippen MR) is 82.5 cm³/mol. The second kappa shape index (κ2) is 5.85. The summed E-state index contributed by atoms with van der Waals surface area (Å²) in [5.41, 5.74) is 0.787. The van der Waals surface area contributed by atoms with Crippen LogP contribution in [0.5, 0.6) is 0 Å². The van der Waals surface area contributed by atoms with E-state index in [-0.39, 0.29) is 11.2 Å². The molecule has 1 aliphatic rings. The Bertz CT molecular complexity index is 812. The lowest BCUT2D eigenvalue weighted by atomic mass is 10.3. The van der Waals surface area contributed by atoms with Crippen LogP contribution >= 0.6 is 24.0 Å². The smallest absolute Gasteiger partial charge is 0.286 e. The van der Waals surface area contributed by atoms with Crippen molar-refractivity contribution in [2.24, 2.45) is 0 Å². The first-order valence-corrected chi connectivity index (χ1v) is 7.62. The van der Waals surface area contributed by atoms with Crippen LogP contribution in [0.1, 0.15) is 11.2 Å². The Morgan fingerprint density at radius 3 is 2.68 bits per heavy atom. The van der Waals surface area contributed by atoms with E-state index in [9.17, 15) is 14.4 Å². The van der Waals surface area contributed by atoms with Gasteiger partial charge in [0, 0.05) is 5.69 Å². The van der Waals surface area contributed by atoms with Crippen molar-refractivity contribution in [1.82, 2.24) is 19.7 Å². The minimum atomic E-state index is -0.733. The Hall–Kier alpha value is -2.26. The van der Waals surface area contributed by atoms with Crippen LogP contribution in [-0.2, 0) is 4.79 Å². The fourth-order valence-electron chi connectivity index (χ4n) is 2.01. The third-order valence-electron chi connectivity index (χ3n) is 3.07. The molecule has 1 atom stereocenters. The number of aromatic nitrogens is 3. The summed E-state index contributed by atoms with van der Waals surface area (Å²) in [7, 11) is 0. The number of rotatable bonds is 3. The molecule has 1 aromatic carbocycles. The average molecular weight is 334 g/mol. The summed E-state index contributed by atoms with van der Waals surface area (Å²) < 4.78 is 2.88. The lowest BCUT2D eigenvalue weighted by Crippen LogP contribution is -2.27. The van der Waals surface area contributed by atoms with Crippen LogP contribution in [0.25, 0.3) is 5.69 Å². The van der Waals surface area contributed by atoms with Crippen molar-refractivity contribution in [1.29, 1.82) is 0 Å². The Labute approximate surface area is 134 Å². The molecule has 2 heterocycles. The van der Waals surface area contributed by atoms with Gasteiger partial charge in [0.05, 0.1) is 6.42 Å². The molecule has 0 unspecified atom stereocenters. The van der Waals surface area contributed by atoms with E-state index < -0.39 is 22.3 Å². The monoisotopic (exact) mass is 334 g/mol. The minimum absolute atomic E-state index is 0.137. The number of imide groups is 1. The third-order valence-corrected chi connectivity index (χ3v) is 4.42. The number of nitrogens with zero attached hydrogens (tertiary/aromatic N) is 3. The van der Waals surface area contributed by atoms with Gasteiger partial charge in [0.25, 0.3) is 11.1 Å². The van der Waals surface area contributed by atoms with Crippen LogP contribution in [0, 0.1) is 4.77 Å². The van der Waals surface area contributed by atoms with Crippen molar-refractivity contribution >= 4 is 41.0 Å². The maximum atomic E-state index is 12.2. The molecule has 0 spiro atoms. The number of hydrogen-bond acceptors (Lipinski definition) is 6. The van der Waals surface area contributed by atoms with Crippen molar-refractivity contribution in [2.45, 2.75) is 11.7 Å². The number of benzene rings is 1. The van der Waals surface area contributed by atoms with Crippen LogP contribution in [0.15, 0.2) is 36.7 Å². The normalized spacial score (nSPS) is 17.5. The highest BCUT2D eigenvalue weighted by Gasteiger charge is 2.34. The van der Waals surface area contributed by atoms with Crippen LogP contribution in [0.2, 0.25) is 0 Å². The number of nitrogens with one attached hydrogen (secondary N) is 1. The van der Waals surface area contributed by atoms with E-state index in [1.165, 1.54) is 6.33 Å². The summed E-state index contributed by atoms with van der Waals surface area (Å²) in [6.45, 7) is 0. The molecule has 1 aliphatic heterocycles. The highest BCUT2D eigenvalue weighted by atomic mass is 32.2. The molecule has 1 fully saturated rings. The number of hydrogen-bond donors (Lipinski definition) is 1. The molecule has 22 heavy (non-hydrogen) atoms. The van der Waals surface area contributed by atoms with Gasteiger partial charge in [-0.05, 0) is 24.4 Å². The third kappa shape index (κ3) is 2.72. The first-order valence-electron chi connectivity index (χ1n) is 6.33. The van der Waals surface area contributed by atoms with Gasteiger partial charge >= 0.3 is 0 Å². The zero-order valence-corrected chi connectivity index (χ0v) is 12.8. The van der Waals surface area contributed by atoms with Crippen molar-refractivity contribution < 1.29 is 14.4 Å². The zero-order valence-electron chi connectivity index (χ0n) is 11.1. The van der Waals surface area contributed by atoms with Gasteiger partial charge in [-0.2, -0.15) is 9.78 Å². The van der Waals surface area contributed by atoms with Gasteiger partial charge < -0.3 is 0 Å². The lowest BCUT2D eigenvalue weighted by molar-refractivity contribution is -0.119. The highest BCUT2D eigenvalue weighted by Crippen LogP contribution is 2.22. The number of carbonyl (C=O) groups is 3. The van der Waals surface area contributed by atoms with E-state index in [2.05, 4.69) is 10.4 Å². The van der Waals surface area contributed by atoms with E-state index in [0.29, 0.717) is 0 Å². The van der Waals surface area contributed by atoms with Gasteiger partial charge in [-0.15, -0.1) is 0 Å². The molecule has 0 aliphatic carbocycles. The summed E-state index contributed by atoms with van der Waals surface area (Å²) >= 11 is 6.05. The van der Waals surface area contributed by atoms with E-state index in [4.69, 9.17) is 12.2 Å². The first kappa shape index (κ1) is 14.7. The fraction of sp³-hybridized carbons (Fsp3) is 0.154. The number of amides is 2. The van der Waals surface area contributed by atoms with Crippen LogP contribution in [-0.4, -0.2) is 36.7 Å². The van der Waals surface area contributed by atoms with Crippen molar-refractivity contribution in [2.75, 3.05) is 0 Å². The average Bonchev–Trinajstić information content (AvgIpc) is 3.02. The Kier molecular flexibility index (Phi) is 3.90. The second-order valence-electron chi connectivity index (χ2n) is 4.51. The van der Waals surface area contributed by atoms with Crippen LogP contribution < -0.4 is 5.32 Å². The van der Waals surface area contributed by atoms with E-state index in [1.54, 1.807) is 4.57 Å². The van der Waals surface area contributed by atoms with Gasteiger partial charge in [0.1, 0.15) is 11.6 Å². The molecule has 0 bridgehead atoms. The number of para-hydroxylation sites is 1. The Morgan fingerprint density at radius 2 is 2.05 bits per heavy atom. The van der Waals surface area contributed by atoms with Gasteiger partial charge in [0.2, 0.25) is 10.7 Å². The molecule has 0 saturated carbocycles. The molecule has 2 amide bonds. The minimum Gasteiger partial charge on any atom is -0.286 e. The topological polar surface area (TPSA) is 86.0 Å². The summed E-state index contributed by atoms with van der Waals surface area (Å²) in [5.74, 6) is -0.889. The maximum absolute atomic E-state index is 12.2. The van der Waals surface area contributed by atoms with Crippen molar-refractivity contribution in [3.05, 3.63) is 41.4 Å². The second-order valence-corrected chi connectivity index (χ2v) is 6.05. The van der Waals surface area contributed by atoms with E-state index >= 15 is 0 Å². The van der Waals surface area contributed by atoms with Gasteiger partial charge in [-0.3, -0.25) is 24.3 Å². The summed E-state index contributed by atoms with van der Waals surface area (Å²) in [4.78, 5) is 34.8. The molecule has 2 aromatic rings. The fourth-order valence-corrected chi connectivity index (χ4v) is 3.12. The van der Waals surface area contributed by atoms with Gasteiger partial charge in [-0.25, -0.2) is 0 Å². The molecule has 3 rings (SSSR count). The SMILES string of the molecule is O=C1NC(=O)[C@@H](CC(=O)n2ncn(-c3ccccc3)c2=S)S1. The molecule has 0 radical (unpaired) electrons. The Balaban J connectivity index is 1.83. The molecule has 1 saturated heterocycles. The van der Waals surface area contributed by atoms with Crippen LogP contribution in [0.4, 0.5) is 4.79 Å².